The van der Waals surface area contributed by atoms with Gasteiger partial charge in [0.1, 0.15) is 0 Å². The van der Waals surface area contributed by atoms with Gasteiger partial charge < -0.3 is 5.73 Å². The molecule has 3 nitrogen and oxygen atoms in total. The van der Waals surface area contributed by atoms with Crippen molar-refractivity contribution in [3.05, 3.63) is 29.1 Å². The largest absolute Gasteiger partial charge is 0.319 e. The molecule has 1 aliphatic rings. The van der Waals surface area contributed by atoms with E-state index in [0.29, 0.717) is 0 Å². The standard InChI is InChI=1S/C14H23N3/c1-3-12-10-13(17(2)16-12)14(15)11-8-6-4-5-7-9-11/h8,10,14H,3-7,9,15H2,1-2H3. The predicted molar refractivity (Wildman–Crippen MR) is 70.7 cm³/mol. The molecule has 1 unspecified atom stereocenters. The third-order valence-corrected chi connectivity index (χ3v) is 3.62. The van der Waals surface area contributed by atoms with Crippen LogP contribution in [0.25, 0.3) is 0 Å². The second-order valence-electron chi connectivity index (χ2n) is 4.89. The fourth-order valence-corrected chi connectivity index (χ4v) is 2.52. The van der Waals surface area contributed by atoms with Crippen LogP contribution in [0, 0.1) is 0 Å². The number of nitrogens with two attached hydrogens (primary N) is 1. The summed E-state index contributed by atoms with van der Waals surface area (Å²) in [6.07, 6.45) is 9.56. The summed E-state index contributed by atoms with van der Waals surface area (Å²) in [5.41, 5.74) is 10.1. The molecule has 0 amide bonds. The van der Waals surface area contributed by atoms with E-state index >= 15 is 0 Å². The van der Waals surface area contributed by atoms with E-state index in [1.54, 1.807) is 0 Å². The minimum Gasteiger partial charge on any atom is -0.319 e. The molecule has 2 rings (SSSR count). The zero-order valence-electron chi connectivity index (χ0n) is 10.9. The SMILES string of the molecule is CCc1cc(C(N)C2=CCCCCC2)n(C)n1. The molecule has 94 valence electrons. The normalized spacial score (nSPS) is 18.6. The topological polar surface area (TPSA) is 43.8 Å². The van der Waals surface area contributed by atoms with Crippen molar-refractivity contribution >= 4 is 0 Å². The zero-order valence-corrected chi connectivity index (χ0v) is 10.9. The minimum atomic E-state index is 0.0332. The summed E-state index contributed by atoms with van der Waals surface area (Å²) in [6, 6.07) is 2.18. The molecule has 2 N–H and O–H groups in total. The Kier molecular flexibility index (Phi) is 4.00. The lowest BCUT2D eigenvalue weighted by molar-refractivity contribution is 0.635. The van der Waals surface area contributed by atoms with Gasteiger partial charge in [-0.2, -0.15) is 5.10 Å². The molecule has 3 heteroatoms. The van der Waals surface area contributed by atoms with Crippen molar-refractivity contribution in [1.29, 1.82) is 0 Å². The summed E-state index contributed by atoms with van der Waals surface area (Å²) in [6.45, 7) is 2.13. The molecule has 0 bridgehead atoms. The van der Waals surface area contributed by atoms with E-state index in [1.807, 2.05) is 11.7 Å². The smallest absolute Gasteiger partial charge is 0.0682 e. The molecule has 1 heterocycles. The molecular formula is C14H23N3. The first-order valence-corrected chi connectivity index (χ1v) is 6.69. The van der Waals surface area contributed by atoms with Crippen molar-refractivity contribution in [3.63, 3.8) is 0 Å². The molecule has 0 aliphatic heterocycles. The van der Waals surface area contributed by atoms with Crippen molar-refractivity contribution in [2.45, 2.75) is 51.5 Å². The van der Waals surface area contributed by atoms with Crippen LogP contribution in [0.15, 0.2) is 17.7 Å². The summed E-state index contributed by atoms with van der Waals surface area (Å²) in [5, 5.41) is 4.48. The van der Waals surface area contributed by atoms with E-state index in [1.165, 1.54) is 31.3 Å². The first-order valence-electron chi connectivity index (χ1n) is 6.69. The number of allylic oxidation sites excluding steroid dienone is 1. The molecule has 1 aliphatic carbocycles. The Bertz CT molecular complexity index is 404. The molecular weight excluding hydrogens is 210 g/mol. The fraction of sp³-hybridized carbons (Fsp3) is 0.643. The van der Waals surface area contributed by atoms with E-state index in [-0.39, 0.29) is 6.04 Å². The summed E-state index contributed by atoms with van der Waals surface area (Å²) < 4.78 is 1.94. The van der Waals surface area contributed by atoms with Crippen molar-refractivity contribution in [2.75, 3.05) is 0 Å². The Labute approximate surface area is 104 Å². The number of aromatic nitrogens is 2. The van der Waals surface area contributed by atoms with Gasteiger partial charge in [0.15, 0.2) is 0 Å². The van der Waals surface area contributed by atoms with Crippen molar-refractivity contribution in [1.82, 2.24) is 9.78 Å². The summed E-state index contributed by atoms with van der Waals surface area (Å²) in [4.78, 5) is 0. The average Bonchev–Trinajstić information content (AvgIpc) is 2.56. The summed E-state index contributed by atoms with van der Waals surface area (Å²) >= 11 is 0. The van der Waals surface area contributed by atoms with Gasteiger partial charge in [-0.1, -0.05) is 25.0 Å². The Morgan fingerprint density at radius 2 is 2.24 bits per heavy atom. The molecule has 0 spiro atoms. The minimum absolute atomic E-state index is 0.0332. The molecule has 0 saturated carbocycles. The predicted octanol–water partition coefficient (Wildman–Crippen LogP) is 2.87. The van der Waals surface area contributed by atoms with Gasteiger partial charge >= 0.3 is 0 Å². The van der Waals surface area contributed by atoms with Crippen LogP contribution in [0.3, 0.4) is 0 Å². The van der Waals surface area contributed by atoms with Crippen LogP contribution in [-0.4, -0.2) is 9.78 Å². The van der Waals surface area contributed by atoms with Crippen LogP contribution in [0.4, 0.5) is 0 Å². The molecule has 17 heavy (non-hydrogen) atoms. The van der Waals surface area contributed by atoms with E-state index < -0.39 is 0 Å². The first-order chi connectivity index (χ1) is 8.22. The number of rotatable bonds is 3. The third-order valence-electron chi connectivity index (χ3n) is 3.62. The molecule has 0 fully saturated rings. The molecule has 1 aromatic rings. The lowest BCUT2D eigenvalue weighted by atomic mass is 9.99. The Balaban J connectivity index is 2.19. The zero-order chi connectivity index (χ0) is 12.3. The summed E-state index contributed by atoms with van der Waals surface area (Å²) in [7, 11) is 1.99. The van der Waals surface area contributed by atoms with Crippen LogP contribution in [-0.2, 0) is 13.5 Å². The Morgan fingerprint density at radius 3 is 2.94 bits per heavy atom. The molecule has 0 radical (unpaired) electrons. The summed E-state index contributed by atoms with van der Waals surface area (Å²) in [5.74, 6) is 0. The quantitative estimate of drug-likeness (QED) is 0.816. The van der Waals surface area contributed by atoms with E-state index in [0.717, 1.165) is 24.2 Å². The maximum atomic E-state index is 6.38. The van der Waals surface area contributed by atoms with Gasteiger partial charge in [0, 0.05) is 7.05 Å². The third kappa shape index (κ3) is 2.78. The molecule has 0 aromatic carbocycles. The second kappa shape index (κ2) is 5.50. The molecule has 1 atom stereocenters. The van der Waals surface area contributed by atoms with Gasteiger partial charge in [-0.05, 0) is 38.2 Å². The van der Waals surface area contributed by atoms with Gasteiger partial charge in [-0.15, -0.1) is 0 Å². The number of aryl methyl sites for hydroxylation is 2. The van der Waals surface area contributed by atoms with Crippen molar-refractivity contribution < 1.29 is 0 Å². The van der Waals surface area contributed by atoms with Crippen LogP contribution < -0.4 is 5.73 Å². The van der Waals surface area contributed by atoms with Crippen LogP contribution in [0.5, 0.6) is 0 Å². The number of hydrogen-bond acceptors (Lipinski definition) is 2. The van der Waals surface area contributed by atoms with Crippen LogP contribution >= 0.6 is 0 Å². The van der Waals surface area contributed by atoms with Gasteiger partial charge in [0.05, 0.1) is 17.4 Å². The lowest BCUT2D eigenvalue weighted by Gasteiger charge is -2.15. The maximum absolute atomic E-state index is 6.38. The van der Waals surface area contributed by atoms with Gasteiger partial charge in [-0.3, -0.25) is 4.68 Å². The van der Waals surface area contributed by atoms with E-state index in [4.69, 9.17) is 5.73 Å². The molecule has 1 aromatic heterocycles. The van der Waals surface area contributed by atoms with Gasteiger partial charge in [0.25, 0.3) is 0 Å². The van der Waals surface area contributed by atoms with Gasteiger partial charge in [-0.25, -0.2) is 0 Å². The first kappa shape index (κ1) is 12.4. The fourth-order valence-electron chi connectivity index (χ4n) is 2.52. The van der Waals surface area contributed by atoms with Crippen molar-refractivity contribution in [3.8, 4) is 0 Å². The Hall–Kier alpha value is -1.09. The van der Waals surface area contributed by atoms with Crippen LogP contribution in [0.1, 0.15) is 56.5 Å². The van der Waals surface area contributed by atoms with Crippen molar-refractivity contribution in [2.24, 2.45) is 12.8 Å². The highest BCUT2D eigenvalue weighted by molar-refractivity contribution is 5.24. The average molecular weight is 233 g/mol. The number of hydrogen-bond donors (Lipinski definition) is 1. The highest BCUT2D eigenvalue weighted by Crippen LogP contribution is 2.27. The molecule has 0 saturated heterocycles. The number of nitrogens with zero attached hydrogens (tertiary/aromatic N) is 2. The maximum Gasteiger partial charge on any atom is 0.0682 e. The van der Waals surface area contributed by atoms with Gasteiger partial charge in [0.2, 0.25) is 0 Å². The van der Waals surface area contributed by atoms with E-state index in [2.05, 4.69) is 24.2 Å². The second-order valence-corrected chi connectivity index (χ2v) is 4.89. The van der Waals surface area contributed by atoms with Crippen LogP contribution in [0.2, 0.25) is 0 Å². The lowest BCUT2D eigenvalue weighted by Crippen LogP contribution is -2.17. The van der Waals surface area contributed by atoms with E-state index in [9.17, 15) is 0 Å². The Morgan fingerprint density at radius 1 is 1.41 bits per heavy atom. The monoisotopic (exact) mass is 233 g/mol. The highest BCUT2D eigenvalue weighted by Gasteiger charge is 2.17. The highest BCUT2D eigenvalue weighted by atomic mass is 15.3.